The first-order valence-corrected chi connectivity index (χ1v) is 8.71. The number of hydrogen-bond acceptors (Lipinski definition) is 5. The molecule has 3 rings (SSSR count). The van der Waals surface area contributed by atoms with Crippen molar-refractivity contribution in [2.75, 3.05) is 11.9 Å². The third-order valence-corrected chi connectivity index (χ3v) is 4.00. The molecule has 0 fully saturated rings. The van der Waals surface area contributed by atoms with Gasteiger partial charge in [0.15, 0.2) is 5.82 Å². The Labute approximate surface area is 145 Å². The van der Waals surface area contributed by atoms with Crippen molar-refractivity contribution >= 4 is 34.0 Å². The fourth-order valence-electron chi connectivity index (χ4n) is 2.36. The van der Waals surface area contributed by atoms with Gasteiger partial charge in [-0.25, -0.2) is 9.97 Å². The molecule has 0 bridgehead atoms. The summed E-state index contributed by atoms with van der Waals surface area (Å²) in [6.45, 7) is 6.04. The van der Waals surface area contributed by atoms with Crippen molar-refractivity contribution < 1.29 is 4.79 Å². The Hall–Kier alpha value is -2.47. The Balaban J connectivity index is 1.90. The number of aromatic nitrogens is 2. The Morgan fingerprint density at radius 1 is 1.17 bits per heavy atom. The molecule has 0 unspecified atom stereocenters. The molecule has 1 amide bonds. The Morgan fingerprint density at radius 3 is 2.67 bits per heavy atom. The molecule has 0 atom stereocenters. The summed E-state index contributed by atoms with van der Waals surface area (Å²) in [5.41, 5.74) is 1.58. The molecular formula is C18H20N4OS. The summed E-state index contributed by atoms with van der Waals surface area (Å²) in [6, 6.07) is 9.79. The molecule has 0 saturated heterocycles. The van der Waals surface area contributed by atoms with Gasteiger partial charge in [-0.3, -0.25) is 4.79 Å². The minimum absolute atomic E-state index is 0.0673. The molecule has 0 aliphatic heterocycles. The van der Waals surface area contributed by atoms with Crippen molar-refractivity contribution in [1.82, 2.24) is 15.3 Å². The topological polar surface area (TPSA) is 66.9 Å². The van der Waals surface area contributed by atoms with Gasteiger partial charge in [0.2, 0.25) is 5.91 Å². The lowest BCUT2D eigenvalue weighted by molar-refractivity contribution is -0.120. The number of nitrogens with one attached hydrogen (secondary N) is 2. The predicted octanol–water partition coefficient (Wildman–Crippen LogP) is 3.68. The van der Waals surface area contributed by atoms with Crippen LogP contribution < -0.4 is 10.6 Å². The van der Waals surface area contributed by atoms with E-state index in [9.17, 15) is 4.79 Å². The van der Waals surface area contributed by atoms with Crippen molar-refractivity contribution in [2.24, 2.45) is 0 Å². The number of carbonyl (C=O) groups excluding carboxylic acids is 1. The molecule has 6 heteroatoms. The number of amides is 1. The minimum atomic E-state index is -0.256. The SMILES string of the molecule is CC(C)(C)NC(=O)CNc1nc(-c2ccsc2)nc2ccccc12. The van der Waals surface area contributed by atoms with Gasteiger partial charge >= 0.3 is 0 Å². The molecule has 1 aromatic carbocycles. The van der Waals surface area contributed by atoms with E-state index in [0.717, 1.165) is 16.5 Å². The maximum Gasteiger partial charge on any atom is 0.239 e. The Bertz CT molecular complexity index is 853. The normalized spacial score (nSPS) is 11.5. The summed E-state index contributed by atoms with van der Waals surface area (Å²) in [5, 5.41) is 11.0. The number of para-hydroxylation sites is 1. The molecule has 3 aromatic rings. The van der Waals surface area contributed by atoms with E-state index in [1.54, 1.807) is 11.3 Å². The van der Waals surface area contributed by atoms with Gasteiger partial charge < -0.3 is 10.6 Å². The van der Waals surface area contributed by atoms with E-state index in [-0.39, 0.29) is 18.0 Å². The number of carbonyl (C=O) groups is 1. The van der Waals surface area contributed by atoms with E-state index in [1.165, 1.54) is 0 Å². The van der Waals surface area contributed by atoms with E-state index in [1.807, 2.05) is 61.9 Å². The highest BCUT2D eigenvalue weighted by molar-refractivity contribution is 7.08. The highest BCUT2D eigenvalue weighted by Crippen LogP contribution is 2.25. The van der Waals surface area contributed by atoms with E-state index >= 15 is 0 Å². The van der Waals surface area contributed by atoms with Crippen LogP contribution in [-0.2, 0) is 4.79 Å². The predicted molar refractivity (Wildman–Crippen MR) is 99.2 cm³/mol. The minimum Gasteiger partial charge on any atom is -0.360 e. The standard InChI is InChI=1S/C18H20N4OS/c1-18(2,3)22-15(23)10-19-17-13-6-4-5-7-14(13)20-16(21-17)12-8-9-24-11-12/h4-9,11H,10H2,1-3H3,(H,22,23)(H,19,20,21). The molecule has 2 heterocycles. The van der Waals surface area contributed by atoms with E-state index in [4.69, 9.17) is 0 Å². The smallest absolute Gasteiger partial charge is 0.239 e. The first-order valence-electron chi connectivity index (χ1n) is 7.77. The molecule has 0 saturated carbocycles. The average molecular weight is 340 g/mol. The van der Waals surface area contributed by atoms with Crippen LogP contribution in [0.5, 0.6) is 0 Å². The zero-order chi connectivity index (χ0) is 17.2. The third kappa shape index (κ3) is 3.89. The van der Waals surface area contributed by atoms with Gasteiger partial charge in [-0.2, -0.15) is 11.3 Å². The van der Waals surface area contributed by atoms with Crippen LogP contribution in [0.2, 0.25) is 0 Å². The molecule has 124 valence electrons. The van der Waals surface area contributed by atoms with Crippen LogP contribution in [0.1, 0.15) is 20.8 Å². The highest BCUT2D eigenvalue weighted by Gasteiger charge is 2.15. The Morgan fingerprint density at radius 2 is 1.96 bits per heavy atom. The van der Waals surface area contributed by atoms with Crippen LogP contribution in [-0.4, -0.2) is 28.0 Å². The van der Waals surface area contributed by atoms with Crippen molar-refractivity contribution in [3.8, 4) is 11.4 Å². The van der Waals surface area contributed by atoms with Gasteiger partial charge in [-0.1, -0.05) is 12.1 Å². The van der Waals surface area contributed by atoms with Crippen LogP contribution in [0.15, 0.2) is 41.1 Å². The fraction of sp³-hybridized carbons (Fsp3) is 0.278. The van der Waals surface area contributed by atoms with Gasteiger partial charge in [0.25, 0.3) is 0 Å². The maximum absolute atomic E-state index is 12.1. The summed E-state index contributed by atoms with van der Waals surface area (Å²) in [7, 11) is 0. The molecule has 2 aromatic heterocycles. The maximum atomic E-state index is 12.1. The monoisotopic (exact) mass is 340 g/mol. The van der Waals surface area contributed by atoms with Gasteiger partial charge in [0.1, 0.15) is 5.82 Å². The number of anilines is 1. The summed E-state index contributed by atoms with van der Waals surface area (Å²) < 4.78 is 0. The average Bonchev–Trinajstić information content (AvgIpc) is 3.05. The van der Waals surface area contributed by atoms with Crippen LogP contribution in [0.3, 0.4) is 0 Å². The van der Waals surface area contributed by atoms with Crippen molar-refractivity contribution in [3.63, 3.8) is 0 Å². The second-order valence-corrected chi connectivity index (χ2v) is 7.36. The van der Waals surface area contributed by atoms with Gasteiger partial charge in [0.05, 0.1) is 12.1 Å². The number of nitrogens with zero attached hydrogens (tertiary/aromatic N) is 2. The lowest BCUT2D eigenvalue weighted by Crippen LogP contribution is -2.43. The second-order valence-electron chi connectivity index (χ2n) is 6.58. The summed E-state index contributed by atoms with van der Waals surface area (Å²) in [6.07, 6.45) is 0. The van der Waals surface area contributed by atoms with Crippen molar-refractivity contribution in [2.45, 2.75) is 26.3 Å². The third-order valence-electron chi connectivity index (χ3n) is 3.31. The number of fused-ring (bicyclic) bond motifs is 1. The molecule has 0 aliphatic rings. The van der Waals surface area contributed by atoms with Crippen LogP contribution in [0, 0.1) is 0 Å². The Kier molecular flexibility index (Phi) is 4.49. The lowest BCUT2D eigenvalue weighted by atomic mass is 10.1. The lowest BCUT2D eigenvalue weighted by Gasteiger charge is -2.20. The molecule has 0 spiro atoms. The van der Waals surface area contributed by atoms with Crippen LogP contribution in [0.25, 0.3) is 22.3 Å². The van der Waals surface area contributed by atoms with E-state index < -0.39 is 0 Å². The quantitative estimate of drug-likeness (QED) is 0.760. The second kappa shape index (κ2) is 6.57. The van der Waals surface area contributed by atoms with Crippen LogP contribution in [0.4, 0.5) is 5.82 Å². The van der Waals surface area contributed by atoms with Crippen molar-refractivity contribution in [1.29, 1.82) is 0 Å². The number of hydrogen-bond donors (Lipinski definition) is 2. The number of rotatable bonds is 4. The summed E-state index contributed by atoms with van der Waals surface area (Å²) in [4.78, 5) is 21.3. The first-order chi connectivity index (χ1) is 11.4. The number of benzene rings is 1. The molecule has 24 heavy (non-hydrogen) atoms. The van der Waals surface area contributed by atoms with E-state index in [0.29, 0.717) is 11.6 Å². The highest BCUT2D eigenvalue weighted by atomic mass is 32.1. The molecule has 0 radical (unpaired) electrons. The molecule has 0 aliphatic carbocycles. The number of thiophene rings is 1. The van der Waals surface area contributed by atoms with Gasteiger partial charge in [-0.15, -0.1) is 0 Å². The fourth-order valence-corrected chi connectivity index (χ4v) is 2.99. The van der Waals surface area contributed by atoms with Crippen molar-refractivity contribution in [3.05, 3.63) is 41.1 Å². The largest absolute Gasteiger partial charge is 0.360 e. The first kappa shape index (κ1) is 16.4. The summed E-state index contributed by atoms with van der Waals surface area (Å²) in [5.74, 6) is 1.27. The van der Waals surface area contributed by atoms with Gasteiger partial charge in [0, 0.05) is 21.9 Å². The van der Waals surface area contributed by atoms with Gasteiger partial charge in [-0.05, 0) is 44.4 Å². The molecular weight excluding hydrogens is 320 g/mol. The zero-order valence-electron chi connectivity index (χ0n) is 14.0. The van der Waals surface area contributed by atoms with Crippen LogP contribution >= 0.6 is 11.3 Å². The zero-order valence-corrected chi connectivity index (χ0v) is 14.8. The van der Waals surface area contributed by atoms with E-state index in [2.05, 4.69) is 20.6 Å². The summed E-state index contributed by atoms with van der Waals surface area (Å²) >= 11 is 1.61. The molecule has 5 nitrogen and oxygen atoms in total. The molecule has 2 N–H and O–H groups in total.